The summed E-state index contributed by atoms with van der Waals surface area (Å²) in [7, 11) is 2.84. The molecule has 0 radical (unpaired) electrons. The van der Waals surface area contributed by atoms with Crippen LogP contribution in [0.4, 0.5) is 4.79 Å². The standard InChI is InChI=1S/C22H34N4O6/c1-21(2,3)32-20(29)25-12-9-22(31-5,10-13-25)19(28)23-14-15-17(18(27)30-4)16-8-6-7-11-26(16)24-15/h6-14H2,1-5H3,(H,23,28). The van der Waals surface area contributed by atoms with E-state index in [0.29, 0.717) is 37.2 Å². The van der Waals surface area contributed by atoms with Gasteiger partial charge in [0.2, 0.25) is 0 Å². The lowest BCUT2D eigenvalue weighted by Gasteiger charge is -2.39. The molecular weight excluding hydrogens is 416 g/mol. The molecule has 2 aliphatic heterocycles. The fraction of sp³-hybridized carbons (Fsp3) is 0.727. The number of methoxy groups -OCH3 is 2. The lowest BCUT2D eigenvalue weighted by Crippen LogP contribution is -2.56. The first-order valence-corrected chi connectivity index (χ1v) is 11.1. The van der Waals surface area contributed by atoms with E-state index < -0.39 is 23.3 Å². The van der Waals surface area contributed by atoms with E-state index in [1.54, 1.807) is 4.90 Å². The first kappa shape index (κ1) is 24.0. The maximum Gasteiger partial charge on any atom is 0.410 e. The summed E-state index contributed by atoms with van der Waals surface area (Å²) in [6.07, 6.45) is 3.04. The smallest absolute Gasteiger partial charge is 0.410 e. The molecule has 1 fully saturated rings. The van der Waals surface area contributed by atoms with Crippen LogP contribution in [0.15, 0.2) is 0 Å². The zero-order chi connectivity index (χ0) is 23.5. The Hall–Kier alpha value is -2.62. The van der Waals surface area contributed by atoms with E-state index in [2.05, 4.69) is 10.4 Å². The molecule has 2 aliphatic rings. The van der Waals surface area contributed by atoms with Gasteiger partial charge in [-0.3, -0.25) is 9.48 Å². The molecule has 0 unspecified atom stereocenters. The quantitative estimate of drug-likeness (QED) is 0.683. The molecule has 32 heavy (non-hydrogen) atoms. The second-order valence-electron chi connectivity index (χ2n) is 9.29. The summed E-state index contributed by atoms with van der Waals surface area (Å²) in [5.74, 6) is -0.727. The van der Waals surface area contributed by atoms with E-state index in [-0.39, 0.29) is 12.5 Å². The summed E-state index contributed by atoms with van der Waals surface area (Å²) in [5, 5.41) is 7.43. The van der Waals surface area contributed by atoms with Gasteiger partial charge in [-0.1, -0.05) is 0 Å². The molecule has 3 rings (SSSR count). The number of ether oxygens (including phenoxy) is 3. The predicted molar refractivity (Wildman–Crippen MR) is 115 cm³/mol. The van der Waals surface area contributed by atoms with E-state index in [9.17, 15) is 14.4 Å². The minimum Gasteiger partial charge on any atom is -0.465 e. The zero-order valence-electron chi connectivity index (χ0n) is 19.7. The van der Waals surface area contributed by atoms with Crippen LogP contribution >= 0.6 is 0 Å². The average Bonchev–Trinajstić information content (AvgIpc) is 3.14. The molecule has 0 spiro atoms. The van der Waals surface area contributed by atoms with Gasteiger partial charge in [-0.2, -0.15) is 5.10 Å². The summed E-state index contributed by atoms with van der Waals surface area (Å²) in [6.45, 7) is 7.00. The molecular formula is C22H34N4O6. The van der Waals surface area contributed by atoms with E-state index in [1.165, 1.54) is 14.2 Å². The van der Waals surface area contributed by atoms with Gasteiger partial charge in [0.05, 0.1) is 25.0 Å². The number of nitrogens with one attached hydrogen (secondary N) is 1. The number of amides is 2. The SMILES string of the molecule is COC(=O)c1c(CNC(=O)C2(OC)CCN(C(=O)OC(C)(C)C)CC2)nn2c1CCCC2. The van der Waals surface area contributed by atoms with Crippen molar-refractivity contribution in [2.24, 2.45) is 0 Å². The van der Waals surface area contributed by atoms with Gasteiger partial charge < -0.3 is 24.4 Å². The van der Waals surface area contributed by atoms with Crippen LogP contribution in [-0.2, 0) is 38.5 Å². The molecule has 0 saturated carbocycles. The Balaban J connectivity index is 1.66. The van der Waals surface area contributed by atoms with Crippen molar-refractivity contribution in [2.45, 2.75) is 77.2 Å². The highest BCUT2D eigenvalue weighted by Crippen LogP contribution is 2.28. The fourth-order valence-electron chi connectivity index (χ4n) is 4.23. The lowest BCUT2D eigenvalue weighted by atomic mass is 9.90. The van der Waals surface area contributed by atoms with Crippen LogP contribution in [0.2, 0.25) is 0 Å². The number of aryl methyl sites for hydroxylation is 1. The van der Waals surface area contributed by atoms with Crippen LogP contribution in [0.25, 0.3) is 0 Å². The van der Waals surface area contributed by atoms with Crippen LogP contribution in [-0.4, -0.2) is 71.2 Å². The van der Waals surface area contributed by atoms with Gasteiger partial charge in [0.15, 0.2) is 0 Å². The molecule has 0 aliphatic carbocycles. The first-order valence-electron chi connectivity index (χ1n) is 11.1. The van der Waals surface area contributed by atoms with E-state index in [1.807, 2.05) is 25.5 Å². The zero-order valence-corrected chi connectivity index (χ0v) is 19.7. The topological polar surface area (TPSA) is 112 Å². The fourth-order valence-corrected chi connectivity index (χ4v) is 4.23. The largest absolute Gasteiger partial charge is 0.465 e. The van der Waals surface area contributed by atoms with Crippen LogP contribution < -0.4 is 5.32 Å². The van der Waals surface area contributed by atoms with E-state index >= 15 is 0 Å². The number of hydrogen-bond acceptors (Lipinski definition) is 7. The molecule has 1 N–H and O–H groups in total. The second kappa shape index (κ2) is 9.48. The number of esters is 1. The highest BCUT2D eigenvalue weighted by molar-refractivity contribution is 5.92. The van der Waals surface area contributed by atoms with Gasteiger partial charge in [0, 0.05) is 39.6 Å². The van der Waals surface area contributed by atoms with Gasteiger partial charge in [-0.05, 0) is 40.0 Å². The minimum absolute atomic E-state index is 0.101. The lowest BCUT2D eigenvalue weighted by molar-refractivity contribution is -0.149. The summed E-state index contributed by atoms with van der Waals surface area (Å²) in [4.78, 5) is 39.4. The molecule has 3 heterocycles. The first-order chi connectivity index (χ1) is 15.1. The molecule has 1 saturated heterocycles. The average molecular weight is 451 g/mol. The molecule has 0 bridgehead atoms. The number of rotatable bonds is 5. The van der Waals surface area contributed by atoms with Crippen molar-refractivity contribution in [3.05, 3.63) is 17.0 Å². The highest BCUT2D eigenvalue weighted by Gasteiger charge is 2.43. The van der Waals surface area contributed by atoms with Crippen LogP contribution in [0, 0.1) is 0 Å². The van der Waals surface area contributed by atoms with Crippen LogP contribution in [0.3, 0.4) is 0 Å². The second-order valence-corrected chi connectivity index (χ2v) is 9.29. The van der Waals surface area contributed by atoms with Gasteiger partial charge >= 0.3 is 12.1 Å². The number of fused-ring (bicyclic) bond motifs is 1. The minimum atomic E-state index is -1.05. The molecule has 10 nitrogen and oxygen atoms in total. The Bertz CT molecular complexity index is 865. The van der Waals surface area contributed by atoms with Gasteiger partial charge in [0.1, 0.15) is 16.8 Å². The molecule has 1 aromatic rings. The normalized spacial score (nSPS) is 18.0. The van der Waals surface area contributed by atoms with Crippen molar-refractivity contribution in [3.63, 3.8) is 0 Å². The highest BCUT2D eigenvalue weighted by atomic mass is 16.6. The number of carbonyl (C=O) groups is 3. The molecule has 0 atom stereocenters. The molecule has 2 amide bonds. The van der Waals surface area contributed by atoms with Crippen LogP contribution in [0.5, 0.6) is 0 Å². The van der Waals surface area contributed by atoms with Gasteiger partial charge in [-0.25, -0.2) is 9.59 Å². The Morgan fingerprint density at radius 3 is 2.38 bits per heavy atom. The predicted octanol–water partition coefficient (Wildman–Crippen LogP) is 2.04. The maximum atomic E-state index is 13.1. The third-order valence-corrected chi connectivity index (χ3v) is 6.00. The Morgan fingerprint density at radius 1 is 1.09 bits per heavy atom. The van der Waals surface area contributed by atoms with Gasteiger partial charge in [-0.15, -0.1) is 0 Å². The maximum absolute atomic E-state index is 13.1. The molecule has 10 heteroatoms. The van der Waals surface area contributed by atoms with Crippen molar-refractivity contribution >= 4 is 18.0 Å². The molecule has 178 valence electrons. The van der Waals surface area contributed by atoms with Crippen LogP contribution in [0.1, 0.15) is 68.2 Å². The number of hydrogen-bond donors (Lipinski definition) is 1. The Kier molecular flexibility index (Phi) is 7.12. The number of carbonyl (C=O) groups excluding carboxylic acids is 3. The third kappa shape index (κ3) is 5.06. The molecule has 0 aromatic carbocycles. The number of piperidine rings is 1. The van der Waals surface area contributed by atoms with E-state index in [0.717, 1.165) is 31.5 Å². The summed E-state index contributed by atoms with van der Waals surface area (Å²) < 4.78 is 17.8. The number of aromatic nitrogens is 2. The molecule has 1 aromatic heterocycles. The third-order valence-electron chi connectivity index (χ3n) is 6.00. The summed E-state index contributed by atoms with van der Waals surface area (Å²) >= 11 is 0. The monoisotopic (exact) mass is 450 g/mol. The van der Waals surface area contributed by atoms with Crippen molar-refractivity contribution in [1.29, 1.82) is 0 Å². The van der Waals surface area contributed by atoms with Crippen molar-refractivity contribution in [3.8, 4) is 0 Å². The number of nitrogens with zero attached hydrogens (tertiary/aromatic N) is 3. The Labute approximate surface area is 188 Å². The van der Waals surface area contributed by atoms with Crippen molar-refractivity contribution in [1.82, 2.24) is 20.0 Å². The van der Waals surface area contributed by atoms with Crippen molar-refractivity contribution < 1.29 is 28.6 Å². The van der Waals surface area contributed by atoms with E-state index in [4.69, 9.17) is 14.2 Å². The summed E-state index contributed by atoms with van der Waals surface area (Å²) in [5.41, 5.74) is 0.173. The summed E-state index contributed by atoms with van der Waals surface area (Å²) in [6, 6.07) is 0. The van der Waals surface area contributed by atoms with Crippen molar-refractivity contribution in [2.75, 3.05) is 27.3 Å². The Morgan fingerprint density at radius 2 is 1.78 bits per heavy atom. The number of likely N-dealkylation sites (tertiary alicyclic amines) is 1. The van der Waals surface area contributed by atoms with Gasteiger partial charge in [0.25, 0.3) is 5.91 Å².